The Labute approximate surface area is 246 Å². The molecule has 0 spiro atoms. The molecule has 3 aromatic heterocycles. The van der Waals surface area contributed by atoms with Crippen molar-refractivity contribution in [2.45, 2.75) is 44.5 Å². The van der Waals surface area contributed by atoms with Gasteiger partial charge in [0.1, 0.15) is 11.4 Å². The largest absolute Gasteiger partial charge is 0.444 e. The number of benzene rings is 1. The summed E-state index contributed by atoms with van der Waals surface area (Å²) in [5.74, 6) is 1.30. The van der Waals surface area contributed by atoms with Gasteiger partial charge in [0.25, 0.3) is 0 Å². The third-order valence-electron chi connectivity index (χ3n) is 7.47. The van der Waals surface area contributed by atoms with E-state index in [1.165, 1.54) is 0 Å². The Morgan fingerprint density at radius 1 is 1.07 bits per heavy atom. The Hall–Kier alpha value is -3.63. The van der Waals surface area contributed by atoms with Gasteiger partial charge in [-0.1, -0.05) is 29.8 Å². The van der Waals surface area contributed by atoms with Crippen LogP contribution >= 0.6 is 11.6 Å². The number of halogens is 1. The van der Waals surface area contributed by atoms with Crippen LogP contribution in [-0.2, 0) is 15.5 Å². The number of hydrogen-bond donors (Lipinski definition) is 1. The standard InChI is InChI=1S/C30H31ClN6O3S/c1-16-9-10-17(12-32-16)19-7-6-8-23(31)24(19)20-11-18-13-33-28(41(5)39)36-26(18)35-27(20)37-14-21-22(15-37)25(21)34-29(38)40-30(2,3)4/h6-13,21-22,25H,14-15H2,1-5H3,(H,34,38). The van der Waals surface area contributed by atoms with E-state index in [1.807, 2.05) is 70.3 Å². The van der Waals surface area contributed by atoms with Crippen molar-refractivity contribution in [2.75, 3.05) is 24.2 Å². The number of fused-ring (bicyclic) bond motifs is 2. The maximum Gasteiger partial charge on any atom is 0.407 e. The van der Waals surface area contributed by atoms with Crippen LogP contribution in [0, 0.1) is 18.8 Å². The van der Waals surface area contributed by atoms with Gasteiger partial charge in [0.05, 0.1) is 10.8 Å². The van der Waals surface area contributed by atoms with Crippen LogP contribution in [0.5, 0.6) is 0 Å². The van der Waals surface area contributed by atoms with Crippen LogP contribution in [0.15, 0.2) is 53.9 Å². The molecule has 1 aliphatic carbocycles. The predicted molar refractivity (Wildman–Crippen MR) is 160 cm³/mol. The number of nitrogens with one attached hydrogen (secondary N) is 1. The molecule has 6 rings (SSSR count). The molecule has 0 bridgehead atoms. The summed E-state index contributed by atoms with van der Waals surface area (Å²) in [6.45, 7) is 8.94. The molecule has 1 saturated carbocycles. The van der Waals surface area contributed by atoms with Crippen LogP contribution in [0.4, 0.5) is 10.6 Å². The van der Waals surface area contributed by atoms with Crippen LogP contribution in [0.2, 0.25) is 5.02 Å². The molecule has 0 radical (unpaired) electrons. The molecule has 9 nitrogen and oxygen atoms in total. The van der Waals surface area contributed by atoms with Crippen LogP contribution < -0.4 is 10.2 Å². The Morgan fingerprint density at radius 3 is 2.49 bits per heavy atom. The topological polar surface area (TPSA) is 110 Å². The minimum Gasteiger partial charge on any atom is -0.444 e. The second kappa shape index (κ2) is 10.3. The zero-order valence-corrected chi connectivity index (χ0v) is 25.1. The van der Waals surface area contributed by atoms with Crippen molar-refractivity contribution < 1.29 is 13.7 Å². The molecule has 3 unspecified atom stereocenters. The van der Waals surface area contributed by atoms with Gasteiger partial charge in [0, 0.05) is 82.4 Å². The SMILES string of the molecule is Cc1ccc(-c2cccc(Cl)c2-c2cc3cnc(S(C)=O)nc3nc2N2CC3C(C2)C3NC(=O)OC(C)(C)C)cn1. The number of aromatic nitrogens is 4. The van der Waals surface area contributed by atoms with Gasteiger partial charge in [0.2, 0.25) is 5.16 Å². The molecule has 1 saturated heterocycles. The molecule has 3 atom stereocenters. The third kappa shape index (κ3) is 5.50. The monoisotopic (exact) mass is 590 g/mol. The summed E-state index contributed by atoms with van der Waals surface area (Å²) in [4.78, 5) is 32.9. The average molecular weight is 591 g/mol. The molecule has 1 N–H and O–H groups in total. The van der Waals surface area contributed by atoms with E-state index < -0.39 is 22.5 Å². The summed E-state index contributed by atoms with van der Waals surface area (Å²) in [5.41, 5.74) is 4.43. The highest BCUT2D eigenvalue weighted by Gasteiger charge is 2.57. The van der Waals surface area contributed by atoms with Crippen molar-refractivity contribution in [1.29, 1.82) is 0 Å². The number of amides is 1. The summed E-state index contributed by atoms with van der Waals surface area (Å²) >= 11 is 6.91. The van der Waals surface area contributed by atoms with E-state index in [4.69, 9.17) is 21.3 Å². The van der Waals surface area contributed by atoms with Crippen molar-refractivity contribution in [2.24, 2.45) is 11.8 Å². The van der Waals surface area contributed by atoms with Gasteiger partial charge < -0.3 is 15.0 Å². The number of piperidine rings is 1. The molecule has 212 valence electrons. The molecular weight excluding hydrogens is 560 g/mol. The molecular formula is C30H31ClN6O3S. The fourth-order valence-corrected chi connectivity index (χ4v) is 6.22. The first kappa shape index (κ1) is 27.5. The molecule has 4 aromatic rings. The Balaban J connectivity index is 1.40. The van der Waals surface area contributed by atoms with E-state index in [2.05, 4.69) is 25.2 Å². The number of nitrogens with zero attached hydrogens (tertiary/aromatic N) is 5. The van der Waals surface area contributed by atoms with E-state index in [0.717, 1.165) is 39.2 Å². The normalized spacial score (nSPS) is 20.5. The van der Waals surface area contributed by atoms with Crippen LogP contribution in [-0.4, -0.2) is 61.2 Å². The molecule has 1 aliphatic heterocycles. The molecule has 2 aliphatic rings. The van der Waals surface area contributed by atoms with Crippen LogP contribution in [0.25, 0.3) is 33.3 Å². The highest BCUT2D eigenvalue weighted by molar-refractivity contribution is 7.84. The lowest BCUT2D eigenvalue weighted by Crippen LogP contribution is -2.38. The smallest absolute Gasteiger partial charge is 0.407 e. The van der Waals surface area contributed by atoms with Crippen molar-refractivity contribution >= 4 is 45.3 Å². The number of hydrogen-bond acceptors (Lipinski definition) is 8. The second-order valence-electron chi connectivity index (χ2n) is 11.6. The van der Waals surface area contributed by atoms with E-state index in [0.29, 0.717) is 23.8 Å². The number of rotatable bonds is 5. The van der Waals surface area contributed by atoms with Gasteiger partial charge in [-0.25, -0.2) is 19.7 Å². The Kier molecular flexibility index (Phi) is 6.94. The first-order chi connectivity index (χ1) is 19.5. The van der Waals surface area contributed by atoms with Gasteiger partial charge in [-0.2, -0.15) is 0 Å². The molecule has 4 heterocycles. The number of carbonyl (C=O) groups is 1. The Morgan fingerprint density at radius 2 is 1.83 bits per heavy atom. The lowest BCUT2D eigenvalue weighted by atomic mass is 9.94. The summed E-state index contributed by atoms with van der Waals surface area (Å²) in [7, 11) is -1.34. The summed E-state index contributed by atoms with van der Waals surface area (Å²) in [5, 5.41) is 4.58. The Bertz CT molecular complexity index is 1680. The van der Waals surface area contributed by atoms with Crippen molar-refractivity contribution in [1.82, 2.24) is 25.3 Å². The lowest BCUT2D eigenvalue weighted by molar-refractivity contribution is 0.0518. The fraction of sp³-hybridized carbons (Fsp3) is 0.367. The lowest BCUT2D eigenvalue weighted by Gasteiger charge is -2.26. The van der Waals surface area contributed by atoms with Gasteiger partial charge >= 0.3 is 6.09 Å². The molecule has 1 amide bonds. The maximum absolute atomic E-state index is 12.4. The zero-order chi connectivity index (χ0) is 29.1. The molecule has 11 heteroatoms. The number of pyridine rings is 2. The predicted octanol–water partition coefficient (Wildman–Crippen LogP) is 5.41. The molecule has 41 heavy (non-hydrogen) atoms. The van der Waals surface area contributed by atoms with E-state index >= 15 is 0 Å². The first-order valence-corrected chi connectivity index (χ1v) is 15.4. The summed E-state index contributed by atoms with van der Waals surface area (Å²) in [6.07, 6.45) is 4.67. The number of ether oxygens (including phenoxy) is 1. The van der Waals surface area contributed by atoms with E-state index in [-0.39, 0.29) is 23.0 Å². The number of alkyl carbamates (subject to hydrolysis) is 1. The second-order valence-corrected chi connectivity index (χ2v) is 13.3. The van der Waals surface area contributed by atoms with E-state index in [1.54, 1.807) is 12.5 Å². The first-order valence-electron chi connectivity index (χ1n) is 13.5. The highest BCUT2D eigenvalue weighted by atomic mass is 35.5. The third-order valence-corrected chi connectivity index (χ3v) is 8.49. The van der Waals surface area contributed by atoms with Gasteiger partial charge in [-0.05, 0) is 51.5 Å². The van der Waals surface area contributed by atoms with Gasteiger partial charge in [-0.3, -0.25) is 9.19 Å². The molecule has 1 aromatic carbocycles. The molecule has 2 fully saturated rings. The summed E-state index contributed by atoms with van der Waals surface area (Å²) in [6, 6.07) is 11.9. The summed E-state index contributed by atoms with van der Waals surface area (Å²) < 4.78 is 17.6. The van der Waals surface area contributed by atoms with Crippen LogP contribution in [0.1, 0.15) is 26.5 Å². The number of aryl methyl sites for hydroxylation is 1. The van der Waals surface area contributed by atoms with Crippen LogP contribution in [0.3, 0.4) is 0 Å². The highest BCUT2D eigenvalue weighted by Crippen LogP contribution is 2.49. The number of anilines is 1. The minimum absolute atomic E-state index is 0.0657. The van der Waals surface area contributed by atoms with Crippen molar-refractivity contribution in [3.05, 3.63) is 59.5 Å². The fourth-order valence-electron chi connectivity index (χ4n) is 5.52. The van der Waals surface area contributed by atoms with Crippen molar-refractivity contribution in [3.63, 3.8) is 0 Å². The number of carbonyl (C=O) groups excluding carboxylic acids is 1. The van der Waals surface area contributed by atoms with E-state index in [9.17, 15) is 9.00 Å². The zero-order valence-electron chi connectivity index (χ0n) is 23.5. The maximum atomic E-state index is 12.4. The average Bonchev–Trinajstić information content (AvgIpc) is 3.33. The quantitative estimate of drug-likeness (QED) is 0.307. The minimum atomic E-state index is -1.34. The van der Waals surface area contributed by atoms with Gasteiger partial charge in [0.15, 0.2) is 5.65 Å². The van der Waals surface area contributed by atoms with Crippen molar-refractivity contribution in [3.8, 4) is 22.3 Å². The van der Waals surface area contributed by atoms with Gasteiger partial charge in [-0.15, -0.1) is 0 Å².